The summed E-state index contributed by atoms with van der Waals surface area (Å²) in [4.78, 5) is 17.9. The number of hydrogen-bond donors (Lipinski definition) is 2. The van der Waals surface area contributed by atoms with Gasteiger partial charge in [0.15, 0.2) is 0 Å². The van der Waals surface area contributed by atoms with Gasteiger partial charge in [-0.1, -0.05) is 18.2 Å². The van der Waals surface area contributed by atoms with Gasteiger partial charge >= 0.3 is 18.0 Å². The van der Waals surface area contributed by atoms with Gasteiger partial charge < -0.3 is 10.6 Å². The van der Waals surface area contributed by atoms with Crippen LogP contribution in [0.5, 0.6) is 0 Å². The van der Waals surface area contributed by atoms with Crippen LogP contribution in [0, 0.1) is 10.1 Å². The Kier molecular flexibility index (Phi) is 5.69. The molecule has 162 valence electrons. The van der Waals surface area contributed by atoms with Crippen molar-refractivity contribution in [1.82, 2.24) is 9.97 Å². The van der Waals surface area contributed by atoms with Crippen molar-refractivity contribution in [1.29, 1.82) is 0 Å². The highest BCUT2D eigenvalue weighted by Crippen LogP contribution is 2.39. The first-order chi connectivity index (χ1) is 14.5. The fraction of sp³-hybridized carbons (Fsp3) is 0.111. The van der Waals surface area contributed by atoms with E-state index in [0.717, 1.165) is 36.7 Å². The molecule has 0 bridgehead atoms. The van der Waals surface area contributed by atoms with Crippen molar-refractivity contribution in [2.24, 2.45) is 0 Å². The average molecular weight is 443 g/mol. The molecule has 1 aromatic heterocycles. The van der Waals surface area contributed by atoms with Gasteiger partial charge in [0.05, 0.1) is 21.7 Å². The summed E-state index contributed by atoms with van der Waals surface area (Å²) in [5.74, 6) is -1.09. The minimum absolute atomic E-state index is 0.168. The van der Waals surface area contributed by atoms with E-state index >= 15 is 0 Å². The normalized spacial score (nSPS) is 11.8. The van der Waals surface area contributed by atoms with Crippen molar-refractivity contribution in [3.63, 3.8) is 0 Å². The molecule has 0 aliphatic rings. The number of nitro groups is 1. The number of para-hydroxylation sites is 1. The van der Waals surface area contributed by atoms with Crippen LogP contribution in [0.15, 0.2) is 54.9 Å². The van der Waals surface area contributed by atoms with E-state index in [-0.39, 0.29) is 5.69 Å². The maximum absolute atomic E-state index is 13.2. The molecule has 0 saturated carbocycles. The van der Waals surface area contributed by atoms with E-state index in [1.54, 1.807) is 0 Å². The highest BCUT2D eigenvalue weighted by molar-refractivity contribution is 5.77. The number of benzene rings is 2. The molecular weight excluding hydrogens is 432 g/mol. The van der Waals surface area contributed by atoms with Crippen LogP contribution in [0.1, 0.15) is 11.1 Å². The third-order valence-electron chi connectivity index (χ3n) is 3.94. The summed E-state index contributed by atoms with van der Waals surface area (Å²) in [5.41, 5.74) is -3.61. The molecule has 7 nitrogen and oxygen atoms in total. The maximum atomic E-state index is 13.2. The highest BCUT2D eigenvalue weighted by atomic mass is 19.4. The second-order valence-electron chi connectivity index (χ2n) is 6.05. The molecule has 0 spiro atoms. The average Bonchev–Trinajstić information content (AvgIpc) is 2.67. The third kappa shape index (κ3) is 4.99. The Bertz CT molecular complexity index is 1120. The van der Waals surface area contributed by atoms with E-state index < -0.39 is 51.4 Å². The lowest BCUT2D eigenvalue weighted by Crippen LogP contribution is -2.11. The number of nitrogens with zero attached hydrogens (tertiary/aromatic N) is 3. The lowest BCUT2D eigenvalue weighted by atomic mass is 10.1. The van der Waals surface area contributed by atoms with Gasteiger partial charge in [0, 0.05) is 5.69 Å². The van der Waals surface area contributed by atoms with E-state index in [2.05, 4.69) is 20.6 Å². The Labute approximate surface area is 169 Å². The molecule has 0 unspecified atom stereocenters. The molecule has 1 heterocycles. The van der Waals surface area contributed by atoms with Gasteiger partial charge in [-0.05, 0) is 30.3 Å². The van der Waals surface area contributed by atoms with Gasteiger partial charge in [0.25, 0.3) is 0 Å². The van der Waals surface area contributed by atoms with E-state index in [0.29, 0.717) is 6.07 Å². The summed E-state index contributed by atoms with van der Waals surface area (Å²) in [6, 6.07) is 8.06. The second-order valence-corrected chi connectivity index (χ2v) is 6.05. The predicted octanol–water partition coefficient (Wildman–Crippen LogP) is 5.91. The zero-order chi connectivity index (χ0) is 22.8. The molecular formula is C18H11F6N5O2. The smallest absolute Gasteiger partial charge is 0.334 e. The number of anilines is 4. The Balaban J connectivity index is 2.02. The number of hydrogen-bond acceptors (Lipinski definition) is 6. The van der Waals surface area contributed by atoms with Crippen LogP contribution >= 0.6 is 0 Å². The van der Waals surface area contributed by atoms with Crippen LogP contribution in [0.4, 0.5) is 55.0 Å². The van der Waals surface area contributed by atoms with Crippen LogP contribution < -0.4 is 10.6 Å². The first-order valence-corrected chi connectivity index (χ1v) is 8.33. The largest absolute Gasteiger partial charge is 0.418 e. The number of rotatable bonds is 5. The quantitative estimate of drug-likeness (QED) is 0.289. The molecule has 0 amide bonds. The zero-order valence-electron chi connectivity index (χ0n) is 15.1. The number of nitrogens with one attached hydrogen (secondary N) is 2. The number of aromatic nitrogens is 2. The van der Waals surface area contributed by atoms with Crippen LogP contribution in [0.25, 0.3) is 0 Å². The molecule has 2 N–H and O–H groups in total. The first kappa shape index (κ1) is 21.8. The summed E-state index contributed by atoms with van der Waals surface area (Å²) >= 11 is 0. The molecule has 13 heteroatoms. The Morgan fingerprint density at radius 2 is 1.48 bits per heavy atom. The lowest BCUT2D eigenvalue weighted by Gasteiger charge is -2.15. The summed E-state index contributed by atoms with van der Waals surface area (Å²) in [7, 11) is 0. The Hall–Kier alpha value is -3.90. The molecule has 2 aromatic carbocycles. The predicted molar refractivity (Wildman–Crippen MR) is 98.1 cm³/mol. The topological polar surface area (TPSA) is 93.0 Å². The van der Waals surface area contributed by atoms with E-state index in [4.69, 9.17) is 0 Å². The Morgan fingerprint density at radius 3 is 2.10 bits per heavy atom. The standard InChI is InChI=1S/C18H11F6N5O2/c19-17(20,21)10-4-3-5-11(8-10)27-15-14(29(30)31)16(26-9-25-15)28-13-7-2-1-6-12(13)18(22,23)24/h1-9H,(H2,25,26,27,28). The summed E-state index contributed by atoms with van der Waals surface area (Å²) in [6.07, 6.45) is -8.57. The van der Waals surface area contributed by atoms with Gasteiger partial charge in [-0.15, -0.1) is 0 Å². The van der Waals surface area contributed by atoms with Crippen molar-refractivity contribution in [3.05, 3.63) is 76.1 Å². The molecule has 3 rings (SSSR count). The van der Waals surface area contributed by atoms with Crippen molar-refractivity contribution in [2.75, 3.05) is 10.6 Å². The minimum atomic E-state index is -4.75. The van der Waals surface area contributed by atoms with Crippen LogP contribution in [0.2, 0.25) is 0 Å². The minimum Gasteiger partial charge on any atom is -0.334 e. The first-order valence-electron chi connectivity index (χ1n) is 8.33. The van der Waals surface area contributed by atoms with Crippen molar-refractivity contribution >= 4 is 28.7 Å². The van der Waals surface area contributed by atoms with Gasteiger partial charge in [0.2, 0.25) is 11.6 Å². The Morgan fingerprint density at radius 1 is 0.839 bits per heavy atom. The van der Waals surface area contributed by atoms with Crippen molar-refractivity contribution < 1.29 is 31.3 Å². The number of alkyl halides is 6. The molecule has 0 saturated heterocycles. The van der Waals surface area contributed by atoms with Crippen LogP contribution in [-0.2, 0) is 12.4 Å². The molecule has 31 heavy (non-hydrogen) atoms. The van der Waals surface area contributed by atoms with Crippen LogP contribution in [0.3, 0.4) is 0 Å². The SMILES string of the molecule is O=[N+]([O-])c1c(Nc2cccc(C(F)(F)F)c2)ncnc1Nc1ccccc1C(F)(F)F. The molecule has 0 fully saturated rings. The van der Waals surface area contributed by atoms with Gasteiger partial charge in [-0.3, -0.25) is 10.1 Å². The monoisotopic (exact) mass is 443 g/mol. The zero-order valence-corrected chi connectivity index (χ0v) is 15.1. The molecule has 0 aliphatic heterocycles. The fourth-order valence-corrected chi connectivity index (χ4v) is 2.61. The van der Waals surface area contributed by atoms with Gasteiger partial charge in [-0.25, -0.2) is 9.97 Å². The van der Waals surface area contributed by atoms with E-state index in [1.165, 1.54) is 12.1 Å². The molecule has 0 atom stereocenters. The molecule has 0 aliphatic carbocycles. The van der Waals surface area contributed by atoms with E-state index in [9.17, 15) is 36.5 Å². The second kappa shape index (κ2) is 8.08. The lowest BCUT2D eigenvalue weighted by molar-refractivity contribution is -0.383. The maximum Gasteiger partial charge on any atom is 0.418 e. The van der Waals surface area contributed by atoms with Crippen molar-refractivity contribution in [2.45, 2.75) is 12.4 Å². The van der Waals surface area contributed by atoms with E-state index in [1.807, 2.05) is 0 Å². The molecule has 3 aromatic rings. The number of halogens is 6. The van der Waals surface area contributed by atoms with Crippen LogP contribution in [-0.4, -0.2) is 14.9 Å². The highest BCUT2D eigenvalue weighted by Gasteiger charge is 2.34. The van der Waals surface area contributed by atoms with Gasteiger partial charge in [0.1, 0.15) is 6.33 Å². The fourth-order valence-electron chi connectivity index (χ4n) is 2.61. The summed E-state index contributed by atoms with van der Waals surface area (Å²) < 4.78 is 78.3. The summed E-state index contributed by atoms with van der Waals surface area (Å²) in [6.45, 7) is 0. The summed E-state index contributed by atoms with van der Waals surface area (Å²) in [5, 5.41) is 16.2. The molecule has 0 radical (unpaired) electrons. The van der Waals surface area contributed by atoms with Crippen molar-refractivity contribution in [3.8, 4) is 0 Å². The van der Waals surface area contributed by atoms with Gasteiger partial charge in [-0.2, -0.15) is 26.3 Å². The third-order valence-corrected chi connectivity index (χ3v) is 3.94.